The van der Waals surface area contributed by atoms with E-state index in [4.69, 9.17) is 5.26 Å². The van der Waals surface area contributed by atoms with Gasteiger partial charge in [0.2, 0.25) is 0 Å². The Labute approximate surface area is 135 Å². The van der Waals surface area contributed by atoms with Crippen LogP contribution in [0.3, 0.4) is 0 Å². The zero-order chi connectivity index (χ0) is 16.3. The number of nitrogens with one attached hydrogen (secondary N) is 1. The lowest BCUT2D eigenvalue weighted by Gasteiger charge is -2.29. The quantitative estimate of drug-likeness (QED) is 0.891. The molecule has 1 aliphatic carbocycles. The van der Waals surface area contributed by atoms with E-state index in [1.165, 1.54) is 0 Å². The van der Waals surface area contributed by atoms with Crippen molar-refractivity contribution in [3.63, 3.8) is 0 Å². The third kappa shape index (κ3) is 3.25. The minimum Gasteiger partial charge on any atom is -0.383 e. The number of amides is 1. The lowest BCUT2D eigenvalue weighted by molar-refractivity contribution is 0.0135. The second-order valence-electron chi connectivity index (χ2n) is 5.94. The number of nitriles is 1. The summed E-state index contributed by atoms with van der Waals surface area (Å²) in [6, 6.07) is 18.0. The van der Waals surface area contributed by atoms with Gasteiger partial charge < -0.3 is 10.4 Å². The van der Waals surface area contributed by atoms with E-state index in [0.29, 0.717) is 11.1 Å². The Hall–Kier alpha value is -2.64. The first-order valence-electron chi connectivity index (χ1n) is 7.70. The van der Waals surface area contributed by atoms with Gasteiger partial charge in [-0.25, -0.2) is 0 Å². The molecule has 1 fully saturated rings. The summed E-state index contributed by atoms with van der Waals surface area (Å²) in [7, 11) is 0. The van der Waals surface area contributed by atoms with E-state index in [1.54, 1.807) is 24.3 Å². The molecular formula is C19H18N2O2. The Morgan fingerprint density at radius 2 is 1.96 bits per heavy atom. The van der Waals surface area contributed by atoms with Gasteiger partial charge >= 0.3 is 0 Å². The highest BCUT2D eigenvalue weighted by atomic mass is 16.3. The van der Waals surface area contributed by atoms with Gasteiger partial charge in [0.25, 0.3) is 5.91 Å². The summed E-state index contributed by atoms with van der Waals surface area (Å²) in [6.07, 6.45) is 1.93. The first kappa shape index (κ1) is 15.3. The molecule has 0 aromatic heterocycles. The molecule has 0 bridgehead atoms. The van der Waals surface area contributed by atoms with E-state index >= 15 is 0 Å². The SMILES string of the molecule is N#Cc1cccc(C(=O)NCC(O)(c2ccccc2)C2CC2)c1. The monoisotopic (exact) mass is 306 g/mol. The Morgan fingerprint density at radius 1 is 1.22 bits per heavy atom. The third-order valence-electron chi connectivity index (χ3n) is 4.30. The molecule has 2 aromatic carbocycles. The number of hydrogen-bond donors (Lipinski definition) is 2. The molecule has 1 unspecified atom stereocenters. The largest absolute Gasteiger partial charge is 0.383 e. The van der Waals surface area contributed by atoms with Crippen molar-refractivity contribution in [1.82, 2.24) is 5.32 Å². The Morgan fingerprint density at radius 3 is 2.61 bits per heavy atom. The summed E-state index contributed by atoms with van der Waals surface area (Å²) in [4.78, 5) is 12.3. The molecule has 1 atom stereocenters. The first-order valence-corrected chi connectivity index (χ1v) is 7.70. The molecule has 0 saturated heterocycles. The number of rotatable bonds is 5. The summed E-state index contributed by atoms with van der Waals surface area (Å²) in [5.74, 6) is -0.104. The van der Waals surface area contributed by atoms with Crippen LogP contribution in [-0.4, -0.2) is 17.6 Å². The first-order chi connectivity index (χ1) is 11.1. The molecule has 0 heterocycles. The summed E-state index contributed by atoms with van der Waals surface area (Å²) < 4.78 is 0. The van der Waals surface area contributed by atoms with Crippen molar-refractivity contribution in [2.75, 3.05) is 6.54 Å². The topological polar surface area (TPSA) is 73.1 Å². The zero-order valence-electron chi connectivity index (χ0n) is 12.7. The van der Waals surface area contributed by atoms with Crippen LogP contribution in [-0.2, 0) is 5.60 Å². The molecule has 1 amide bonds. The van der Waals surface area contributed by atoms with Crippen molar-refractivity contribution < 1.29 is 9.90 Å². The molecule has 23 heavy (non-hydrogen) atoms. The van der Waals surface area contributed by atoms with Crippen LogP contribution in [0.15, 0.2) is 54.6 Å². The van der Waals surface area contributed by atoms with E-state index in [2.05, 4.69) is 5.32 Å². The second-order valence-corrected chi connectivity index (χ2v) is 5.94. The fourth-order valence-corrected chi connectivity index (χ4v) is 2.82. The van der Waals surface area contributed by atoms with Gasteiger partial charge in [-0.2, -0.15) is 5.26 Å². The molecule has 0 spiro atoms. The maximum Gasteiger partial charge on any atom is 0.251 e. The van der Waals surface area contributed by atoms with Gasteiger partial charge in [-0.1, -0.05) is 36.4 Å². The molecule has 1 aliphatic rings. The maximum absolute atomic E-state index is 12.3. The molecule has 3 rings (SSSR count). The summed E-state index contributed by atoms with van der Waals surface area (Å²) >= 11 is 0. The molecule has 116 valence electrons. The van der Waals surface area contributed by atoms with Gasteiger partial charge in [-0.3, -0.25) is 4.79 Å². The van der Waals surface area contributed by atoms with Gasteiger partial charge in [0.05, 0.1) is 18.2 Å². The van der Waals surface area contributed by atoms with Crippen LogP contribution in [0, 0.1) is 17.2 Å². The highest BCUT2D eigenvalue weighted by Crippen LogP contribution is 2.45. The van der Waals surface area contributed by atoms with Crippen molar-refractivity contribution in [2.24, 2.45) is 5.92 Å². The predicted octanol–water partition coefficient (Wildman–Crippen LogP) is 2.59. The van der Waals surface area contributed by atoms with E-state index in [0.717, 1.165) is 18.4 Å². The fourth-order valence-electron chi connectivity index (χ4n) is 2.82. The van der Waals surface area contributed by atoms with Gasteiger partial charge in [-0.15, -0.1) is 0 Å². The highest BCUT2D eigenvalue weighted by Gasteiger charge is 2.45. The minimum atomic E-state index is -1.04. The molecule has 4 nitrogen and oxygen atoms in total. The van der Waals surface area contributed by atoms with Crippen molar-refractivity contribution in [1.29, 1.82) is 5.26 Å². The average molecular weight is 306 g/mol. The Kier molecular flexibility index (Phi) is 4.14. The van der Waals surface area contributed by atoms with Gasteiger partial charge in [-0.05, 0) is 42.5 Å². The fraction of sp³-hybridized carbons (Fsp3) is 0.263. The summed E-state index contributed by atoms with van der Waals surface area (Å²) in [5, 5.41) is 22.8. The van der Waals surface area contributed by atoms with Crippen LogP contribution in [0.25, 0.3) is 0 Å². The second kappa shape index (κ2) is 6.23. The molecule has 0 aliphatic heterocycles. The summed E-state index contributed by atoms with van der Waals surface area (Å²) in [6.45, 7) is 0.164. The number of benzene rings is 2. The van der Waals surface area contributed by atoms with Crippen molar-refractivity contribution in [2.45, 2.75) is 18.4 Å². The molecule has 2 aromatic rings. The molecule has 2 N–H and O–H groups in total. The molecule has 4 heteroatoms. The van der Waals surface area contributed by atoms with Crippen LogP contribution in [0.1, 0.15) is 34.3 Å². The van der Waals surface area contributed by atoms with E-state index < -0.39 is 5.60 Å². The van der Waals surface area contributed by atoms with E-state index in [1.807, 2.05) is 36.4 Å². The number of aliphatic hydroxyl groups is 1. The van der Waals surface area contributed by atoms with E-state index in [-0.39, 0.29) is 18.4 Å². The van der Waals surface area contributed by atoms with Gasteiger partial charge in [0.1, 0.15) is 5.60 Å². The standard InChI is InChI=1S/C19H18N2O2/c20-12-14-5-4-6-15(11-14)18(22)21-13-19(23,17-9-10-17)16-7-2-1-3-8-16/h1-8,11,17,23H,9-10,13H2,(H,21,22). The van der Waals surface area contributed by atoms with Gasteiger partial charge in [0, 0.05) is 5.56 Å². The maximum atomic E-state index is 12.3. The highest BCUT2D eigenvalue weighted by molar-refractivity contribution is 5.94. The van der Waals surface area contributed by atoms with Crippen LogP contribution in [0.5, 0.6) is 0 Å². The van der Waals surface area contributed by atoms with Crippen LogP contribution in [0.4, 0.5) is 0 Å². The smallest absolute Gasteiger partial charge is 0.251 e. The molecule has 1 saturated carbocycles. The Bertz CT molecular complexity index is 747. The van der Waals surface area contributed by atoms with Crippen molar-refractivity contribution in [3.05, 3.63) is 71.3 Å². The number of carbonyl (C=O) groups excluding carboxylic acids is 1. The number of nitrogens with zero attached hydrogens (tertiary/aromatic N) is 1. The van der Waals surface area contributed by atoms with Gasteiger partial charge in [0.15, 0.2) is 0 Å². The molecule has 0 radical (unpaired) electrons. The summed E-state index contributed by atoms with van der Waals surface area (Å²) in [5.41, 5.74) is 0.658. The minimum absolute atomic E-state index is 0.164. The predicted molar refractivity (Wildman–Crippen MR) is 86.6 cm³/mol. The van der Waals surface area contributed by atoms with Crippen LogP contribution in [0.2, 0.25) is 0 Å². The third-order valence-corrected chi connectivity index (χ3v) is 4.30. The number of hydrogen-bond acceptors (Lipinski definition) is 3. The lowest BCUT2D eigenvalue weighted by Crippen LogP contribution is -2.42. The van der Waals surface area contributed by atoms with Crippen molar-refractivity contribution in [3.8, 4) is 6.07 Å². The average Bonchev–Trinajstić information content (AvgIpc) is 3.45. The zero-order valence-corrected chi connectivity index (χ0v) is 12.7. The molecular weight excluding hydrogens is 288 g/mol. The van der Waals surface area contributed by atoms with E-state index in [9.17, 15) is 9.90 Å². The van der Waals surface area contributed by atoms with Crippen molar-refractivity contribution >= 4 is 5.91 Å². The normalized spacial score (nSPS) is 16.2. The Balaban J connectivity index is 1.75. The lowest BCUT2D eigenvalue weighted by atomic mass is 9.88. The number of carbonyl (C=O) groups is 1. The van der Waals surface area contributed by atoms with Crippen LogP contribution >= 0.6 is 0 Å². The van der Waals surface area contributed by atoms with Crippen LogP contribution < -0.4 is 5.32 Å².